The molecule has 0 aromatic heterocycles. The van der Waals surface area contributed by atoms with Crippen molar-refractivity contribution in [1.82, 2.24) is 0 Å². The molecule has 0 aliphatic carbocycles. The van der Waals surface area contributed by atoms with Crippen molar-refractivity contribution in [1.29, 1.82) is 0 Å². The van der Waals surface area contributed by atoms with Gasteiger partial charge in [-0.25, -0.2) is 0 Å². The highest BCUT2D eigenvalue weighted by Gasteiger charge is 1.96. The molecule has 70 valence electrons. The predicted molar refractivity (Wildman–Crippen MR) is 51.0 cm³/mol. The summed E-state index contributed by atoms with van der Waals surface area (Å²) in [6, 6.07) is 5.30. The summed E-state index contributed by atoms with van der Waals surface area (Å²) in [5, 5.41) is 0. The van der Waals surface area contributed by atoms with Gasteiger partial charge in [0.05, 0.1) is 6.61 Å². The molecule has 1 aromatic carbocycles. The summed E-state index contributed by atoms with van der Waals surface area (Å²) in [6.45, 7) is 0.780. The molecule has 1 aromatic rings. The van der Waals surface area contributed by atoms with Gasteiger partial charge in [0.2, 0.25) is 0 Å². The van der Waals surface area contributed by atoms with Crippen molar-refractivity contribution in [2.75, 3.05) is 18.1 Å². The normalized spacial score (nSPS) is 9.54. The summed E-state index contributed by atoms with van der Waals surface area (Å²) in [7, 11) is 0. The van der Waals surface area contributed by atoms with Crippen molar-refractivity contribution in [2.45, 2.75) is 6.42 Å². The Balaban J connectivity index is 2.60. The van der Waals surface area contributed by atoms with Gasteiger partial charge in [-0.2, -0.15) is 0 Å². The number of carbonyl (C=O) groups is 1. The van der Waals surface area contributed by atoms with Crippen LogP contribution >= 0.6 is 0 Å². The van der Waals surface area contributed by atoms with Gasteiger partial charge in [-0.15, -0.1) is 0 Å². The van der Waals surface area contributed by atoms with Gasteiger partial charge in [0, 0.05) is 17.8 Å². The largest absolute Gasteiger partial charge is 0.468 e. The van der Waals surface area contributed by atoms with Gasteiger partial charge in [0.25, 0.3) is 6.47 Å². The number of benzene rings is 1. The molecule has 0 radical (unpaired) electrons. The van der Waals surface area contributed by atoms with Crippen molar-refractivity contribution >= 4 is 17.8 Å². The Morgan fingerprint density at radius 3 is 2.38 bits per heavy atom. The maximum atomic E-state index is 9.86. The van der Waals surface area contributed by atoms with Crippen molar-refractivity contribution in [3.8, 4) is 0 Å². The highest BCUT2D eigenvalue weighted by atomic mass is 16.5. The molecular weight excluding hydrogens is 168 g/mol. The van der Waals surface area contributed by atoms with Crippen LogP contribution in [0.25, 0.3) is 0 Å². The fourth-order valence-corrected chi connectivity index (χ4v) is 1.11. The zero-order valence-corrected chi connectivity index (χ0v) is 7.19. The van der Waals surface area contributed by atoms with Crippen LogP contribution in [0.2, 0.25) is 0 Å². The van der Waals surface area contributed by atoms with Gasteiger partial charge in [0.15, 0.2) is 0 Å². The molecule has 0 heterocycles. The zero-order valence-electron chi connectivity index (χ0n) is 7.19. The van der Waals surface area contributed by atoms with Crippen LogP contribution in [-0.2, 0) is 16.0 Å². The first-order valence-electron chi connectivity index (χ1n) is 3.92. The lowest BCUT2D eigenvalue weighted by Gasteiger charge is -2.03. The zero-order chi connectivity index (χ0) is 9.68. The van der Waals surface area contributed by atoms with Crippen molar-refractivity contribution in [3.05, 3.63) is 23.8 Å². The van der Waals surface area contributed by atoms with Gasteiger partial charge in [-0.3, -0.25) is 4.79 Å². The highest BCUT2D eigenvalue weighted by Crippen LogP contribution is 2.13. The molecule has 0 aliphatic heterocycles. The Bertz CT molecular complexity index is 279. The van der Waals surface area contributed by atoms with Crippen LogP contribution in [0.1, 0.15) is 5.56 Å². The second-order valence-electron chi connectivity index (χ2n) is 2.72. The molecule has 0 unspecified atom stereocenters. The van der Waals surface area contributed by atoms with Crippen LogP contribution in [-0.4, -0.2) is 13.1 Å². The highest BCUT2D eigenvalue weighted by molar-refractivity contribution is 5.54. The molecule has 1 rings (SSSR count). The second-order valence-corrected chi connectivity index (χ2v) is 2.72. The lowest BCUT2D eigenvalue weighted by atomic mass is 10.1. The Hall–Kier alpha value is -1.71. The van der Waals surface area contributed by atoms with E-state index < -0.39 is 0 Å². The molecule has 0 spiro atoms. The number of hydrogen-bond acceptors (Lipinski definition) is 4. The third kappa shape index (κ3) is 3.02. The summed E-state index contributed by atoms with van der Waals surface area (Å²) in [5.74, 6) is 0. The molecule has 0 fully saturated rings. The minimum absolute atomic E-state index is 0.354. The van der Waals surface area contributed by atoms with E-state index in [1.54, 1.807) is 6.07 Å². The van der Waals surface area contributed by atoms with E-state index >= 15 is 0 Å². The van der Waals surface area contributed by atoms with Crippen molar-refractivity contribution < 1.29 is 9.53 Å². The first-order chi connectivity index (χ1) is 6.22. The minimum atomic E-state index is 0.354. The maximum absolute atomic E-state index is 9.86. The van der Waals surface area contributed by atoms with Crippen LogP contribution < -0.4 is 11.5 Å². The predicted octanol–water partition coefficient (Wildman–Crippen LogP) is 0.566. The molecule has 0 bridgehead atoms. The summed E-state index contributed by atoms with van der Waals surface area (Å²) in [6.07, 6.45) is 0.633. The lowest BCUT2D eigenvalue weighted by molar-refractivity contribution is -0.128. The lowest BCUT2D eigenvalue weighted by Crippen LogP contribution is -1.99. The Morgan fingerprint density at radius 2 is 1.85 bits per heavy atom. The number of anilines is 2. The minimum Gasteiger partial charge on any atom is -0.468 e. The van der Waals surface area contributed by atoms with E-state index in [1.807, 2.05) is 12.1 Å². The van der Waals surface area contributed by atoms with Crippen molar-refractivity contribution in [3.63, 3.8) is 0 Å². The summed E-state index contributed by atoms with van der Waals surface area (Å²) < 4.78 is 4.55. The third-order valence-electron chi connectivity index (χ3n) is 1.61. The molecule has 13 heavy (non-hydrogen) atoms. The Kier molecular flexibility index (Phi) is 3.14. The second kappa shape index (κ2) is 4.35. The van der Waals surface area contributed by atoms with E-state index in [0.29, 0.717) is 30.9 Å². The smallest absolute Gasteiger partial charge is 0.293 e. The summed E-state index contributed by atoms with van der Waals surface area (Å²) in [4.78, 5) is 9.86. The number of rotatable bonds is 4. The fourth-order valence-electron chi connectivity index (χ4n) is 1.11. The standard InChI is InChI=1S/C9H12N2O2/c10-8-3-7(1-2-13-6-12)4-9(11)5-8/h3-6H,1-2,10-11H2. The van der Waals surface area contributed by atoms with Crippen LogP contribution in [0, 0.1) is 0 Å². The van der Waals surface area contributed by atoms with Crippen molar-refractivity contribution in [2.24, 2.45) is 0 Å². The maximum Gasteiger partial charge on any atom is 0.293 e. The molecule has 0 saturated carbocycles. The topological polar surface area (TPSA) is 78.3 Å². The molecule has 4 N–H and O–H groups in total. The first kappa shape index (κ1) is 9.38. The van der Waals surface area contributed by atoms with E-state index in [2.05, 4.69) is 4.74 Å². The number of nitrogens with two attached hydrogens (primary N) is 2. The average Bonchev–Trinajstić information content (AvgIpc) is 2.03. The van der Waals surface area contributed by atoms with Gasteiger partial charge in [-0.1, -0.05) is 0 Å². The van der Waals surface area contributed by atoms with E-state index in [-0.39, 0.29) is 0 Å². The fraction of sp³-hybridized carbons (Fsp3) is 0.222. The monoisotopic (exact) mass is 180 g/mol. The van der Waals surface area contributed by atoms with Crippen LogP contribution in [0.3, 0.4) is 0 Å². The summed E-state index contributed by atoms with van der Waals surface area (Å²) >= 11 is 0. The van der Waals surface area contributed by atoms with E-state index in [0.717, 1.165) is 5.56 Å². The number of nitrogen functional groups attached to an aromatic ring is 2. The van der Waals surface area contributed by atoms with Crippen LogP contribution in [0.4, 0.5) is 11.4 Å². The number of ether oxygens (including phenoxy) is 1. The van der Waals surface area contributed by atoms with E-state index in [1.165, 1.54) is 0 Å². The Labute approximate surface area is 76.5 Å². The number of carbonyl (C=O) groups excluding carboxylic acids is 1. The van der Waals surface area contributed by atoms with Gasteiger partial charge >= 0.3 is 0 Å². The molecule has 0 aliphatic rings. The Morgan fingerprint density at radius 1 is 1.23 bits per heavy atom. The molecule has 4 nitrogen and oxygen atoms in total. The van der Waals surface area contributed by atoms with E-state index in [9.17, 15) is 4.79 Å². The van der Waals surface area contributed by atoms with E-state index in [4.69, 9.17) is 11.5 Å². The SMILES string of the molecule is Nc1cc(N)cc(CCOC=O)c1. The third-order valence-corrected chi connectivity index (χ3v) is 1.61. The average molecular weight is 180 g/mol. The quantitative estimate of drug-likeness (QED) is 0.403. The molecule has 0 saturated heterocycles. The van der Waals surface area contributed by atoms with Crippen LogP contribution in [0.5, 0.6) is 0 Å². The molecule has 0 atom stereocenters. The van der Waals surface area contributed by atoms with Gasteiger partial charge in [0.1, 0.15) is 0 Å². The first-order valence-corrected chi connectivity index (χ1v) is 3.92. The molecular formula is C9H12N2O2. The number of hydrogen-bond donors (Lipinski definition) is 2. The van der Waals surface area contributed by atoms with Gasteiger partial charge in [-0.05, 0) is 23.8 Å². The van der Waals surface area contributed by atoms with Gasteiger partial charge < -0.3 is 16.2 Å². The molecule has 4 heteroatoms. The summed E-state index contributed by atoms with van der Waals surface area (Å²) in [5.41, 5.74) is 13.4. The van der Waals surface area contributed by atoms with Crippen LogP contribution in [0.15, 0.2) is 18.2 Å². The molecule has 0 amide bonds.